The van der Waals surface area contributed by atoms with Crippen molar-refractivity contribution in [1.82, 2.24) is 4.98 Å². The molecular formula is C14H14N2O2S. The van der Waals surface area contributed by atoms with Crippen molar-refractivity contribution in [3.8, 4) is 0 Å². The molecule has 1 fully saturated rings. The van der Waals surface area contributed by atoms with Gasteiger partial charge in [-0.05, 0) is 24.3 Å². The number of H-pyrrole nitrogens is 1. The molecule has 98 valence electrons. The molecule has 1 aliphatic rings. The fourth-order valence-electron chi connectivity index (χ4n) is 2.45. The van der Waals surface area contributed by atoms with Crippen LogP contribution in [0, 0.1) is 0 Å². The number of carbonyl (C=O) groups is 2. The highest BCUT2D eigenvalue weighted by Gasteiger charge is 2.31. The number of nitrogens with zero attached hydrogens (tertiary/aromatic N) is 1. The summed E-state index contributed by atoms with van der Waals surface area (Å²) >= 11 is 1.26. The first-order chi connectivity index (χ1) is 9.13. The highest BCUT2D eigenvalue weighted by molar-refractivity contribution is 8.14. The molecular weight excluding hydrogens is 260 g/mol. The van der Waals surface area contributed by atoms with Gasteiger partial charge < -0.3 is 9.88 Å². The number of thioether (sulfide) groups is 1. The molecule has 0 radical (unpaired) electrons. The predicted molar refractivity (Wildman–Crippen MR) is 77.3 cm³/mol. The minimum Gasteiger partial charge on any atom is -0.361 e. The number of hydrogen-bond donors (Lipinski definition) is 1. The molecule has 0 bridgehead atoms. The van der Waals surface area contributed by atoms with Crippen LogP contribution in [-0.2, 0) is 9.59 Å². The standard InChI is InChI=1S/C14H14N2O2S/c1-9(17)19-12-7-14(18)16(8-12)11-2-3-13-10(6-11)4-5-15-13/h2-6,12,15H,7-8H2,1H3. The predicted octanol–water partition coefficient (Wildman–Crippen LogP) is 2.55. The Balaban J connectivity index is 1.85. The van der Waals surface area contributed by atoms with E-state index in [2.05, 4.69) is 4.98 Å². The van der Waals surface area contributed by atoms with Gasteiger partial charge in [-0.15, -0.1) is 0 Å². The van der Waals surface area contributed by atoms with Crippen LogP contribution in [0.5, 0.6) is 0 Å². The van der Waals surface area contributed by atoms with Gasteiger partial charge in [0.2, 0.25) is 5.91 Å². The van der Waals surface area contributed by atoms with Crippen LogP contribution < -0.4 is 4.90 Å². The third-order valence-electron chi connectivity index (χ3n) is 3.27. The molecule has 1 aromatic carbocycles. The van der Waals surface area contributed by atoms with Crippen molar-refractivity contribution < 1.29 is 9.59 Å². The first kappa shape index (κ1) is 12.3. The Bertz CT molecular complexity index is 650. The summed E-state index contributed by atoms with van der Waals surface area (Å²) in [5.41, 5.74) is 1.97. The van der Waals surface area contributed by atoms with E-state index in [-0.39, 0.29) is 16.3 Å². The van der Waals surface area contributed by atoms with Gasteiger partial charge >= 0.3 is 0 Å². The zero-order chi connectivity index (χ0) is 13.4. The molecule has 1 atom stereocenters. The van der Waals surface area contributed by atoms with E-state index >= 15 is 0 Å². The topological polar surface area (TPSA) is 53.2 Å². The lowest BCUT2D eigenvalue weighted by atomic mass is 10.2. The average molecular weight is 274 g/mol. The first-order valence-electron chi connectivity index (χ1n) is 6.18. The summed E-state index contributed by atoms with van der Waals surface area (Å²) in [7, 11) is 0. The van der Waals surface area contributed by atoms with Crippen LogP contribution in [-0.4, -0.2) is 27.8 Å². The zero-order valence-corrected chi connectivity index (χ0v) is 11.4. The van der Waals surface area contributed by atoms with E-state index in [1.807, 2.05) is 30.5 Å². The van der Waals surface area contributed by atoms with E-state index in [0.29, 0.717) is 13.0 Å². The monoisotopic (exact) mass is 274 g/mol. The van der Waals surface area contributed by atoms with Gasteiger partial charge in [-0.3, -0.25) is 9.59 Å². The van der Waals surface area contributed by atoms with Crippen molar-refractivity contribution in [1.29, 1.82) is 0 Å². The third kappa shape index (κ3) is 2.38. The van der Waals surface area contributed by atoms with Gasteiger partial charge in [0.1, 0.15) is 0 Å². The van der Waals surface area contributed by atoms with Crippen molar-refractivity contribution in [3.63, 3.8) is 0 Å². The Hall–Kier alpha value is -1.75. The molecule has 1 amide bonds. The fraction of sp³-hybridized carbons (Fsp3) is 0.286. The van der Waals surface area contributed by atoms with E-state index in [1.165, 1.54) is 11.8 Å². The second-order valence-corrected chi connectivity index (χ2v) is 6.17. The summed E-state index contributed by atoms with van der Waals surface area (Å²) in [5.74, 6) is 0.0913. The van der Waals surface area contributed by atoms with Crippen LogP contribution in [0.4, 0.5) is 5.69 Å². The Morgan fingerprint density at radius 1 is 1.42 bits per heavy atom. The highest BCUT2D eigenvalue weighted by atomic mass is 32.2. The highest BCUT2D eigenvalue weighted by Crippen LogP contribution is 2.30. The number of nitrogens with one attached hydrogen (secondary N) is 1. The van der Waals surface area contributed by atoms with Gasteiger partial charge in [0, 0.05) is 47.9 Å². The van der Waals surface area contributed by atoms with Crippen molar-refractivity contribution >= 4 is 39.4 Å². The normalized spacial score (nSPS) is 19.3. The van der Waals surface area contributed by atoms with Gasteiger partial charge in [-0.1, -0.05) is 11.8 Å². The van der Waals surface area contributed by atoms with E-state index in [4.69, 9.17) is 0 Å². The maximum Gasteiger partial charge on any atom is 0.228 e. The fourth-order valence-corrected chi connectivity index (χ4v) is 3.37. The summed E-state index contributed by atoms with van der Waals surface area (Å²) in [4.78, 5) is 28.1. The molecule has 2 aromatic rings. The minimum absolute atomic E-state index is 0.0701. The summed E-state index contributed by atoms with van der Waals surface area (Å²) in [6, 6.07) is 7.91. The van der Waals surface area contributed by atoms with Crippen molar-refractivity contribution in [3.05, 3.63) is 30.5 Å². The lowest BCUT2D eigenvalue weighted by Crippen LogP contribution is -2.24. The van der Waals surface area contributed by atoms with Crippen molar-refractivity contribution in [2.24, 2.45) is 0 Å². The molecule has 2 heterocycles. The number of aromatic amines is 1. The second-order valence-electron chi connectivity index (χ2n) is 4.69. The van der Waals surface area contributed by atoms with Crippen LogP contribution in [0.2, 0.25) is 0 Å². The average Bonchev–Trinajstić information content (AvgIpc) is 2.93. The third-order valence-corrected chi connectivity index (χ3v) is 4.25. The van der Waals surface area contributed by atoms with Crippen LogP contribution in [0.25, 0.3) is 10.9 Å². The number of aromatic nitrogens is 1. The van der Waals surface area contributed by atoms with Crippen LogP contribution in [0.15, 0.2) is 30.5 Å². The largest absolute Gasteiger partial charge is 0.361 e. The van der Waals surface area contributed by atoms with Gasteiger partial charge in [-0.2, -0.15) is 0 Å². The second kappa shape index (κ2) is 4.74. The molecule has 1 N–H and O–H groups in total. The Labute approximate surface area is 115 Å². The molecule has 0 aliphatic carbocycles. The molecule has 1 aromatic heterocycles. The molecule has 5 heteroatoms. The van der Waals surface area contributed by atoms with Crippen molar-refractivity contribution in [2.45, 2.75) is 18.6 Å². The Morgan fingerprint density at radius 3 is 3.05 bits per heavy atom. The molecule has 19 heavy (non-hydrogen) atoms. The molecule has 4 nitrogen and oxygen atoms in total. The summed E-state index contributed by atoms with van der Waals surface area (Å²) < 4.78 is 0. The minimum atomic E-state index is 0.0701. The van der Waals surface area contributed by atoms with E-state index in [1.54, 1.807) is 11.8 Å². The van der Waals surface area contributed by atoms with Crippen molar-refractivity contribution in [2.75, 3.05) is 11.4 Å². The number of anilines is 1. The number of amides is 1. The molecule has 1 saturated heterocycles. The number of hydrogen-bond acceptors (Lipinski definition) is 3. The Morgan fingerprint density at radius 2 is 2.26 bits per heavy atom. The van der Waals surface area contributed by atoms with Crippen LogP contribution in [0.3, 0.4) is 0 Å². The van der Waals surface area contributed by atoms with Gasteiger partial charge in [0.15, 0.2) is 5.12 Å². The van der Waals surface area contributed by atoms with Crippen LogP contribution >= 0.6 is 11.8 Å². The lowest BCUT2D eigenvalue weighted by molar-refractivity contribution is -0.117. The quantitative estimate of drug-likeness (QED) is 0.915. The van der Waals surface area contributed by atoms with E-state index in [9.17, 15) is 9.59 Å². The number of carbonyl (C=O) groups excluding carboxylic acids is 2. The molecule has 1 aliphatic heterocycles. The van der Waals surface area contributed by atoms with Gasteiger partial charge in [-0.25, -0.2) is 0 Å². The Kier molecular flexibility index (Phi) is 3.06. The summed E-state index contributed by atoms with van der Waals surface area (Å²) in [6.45, 7) is 2.16. The zero-order valence-electron chi connectivity index (χ0n) is 10.6. The molecule has 0 spiro atoms. The maximum absolute atomic E-state index is 12.0. The number of rotatable bonds is 2. The lowest BCUT2D eigenvalue weighted by Gasteiger charge is -2.16. The first-order valence-corrected chi connectivity index (χ1v) is 7.06. The maximum atomic E-state index is 12.0. The molecule has 1 unspecified atom stereocenters. The summed E-state index contributed by atoms with van der Waals surface area (Å²) in [5, 5.41) is 1.24. The van der Waals surface area contributed by atoms with Gasteiger partial charge in [0.25, 0.3) is 0 Å². The molecule has 0 saturated carbocycles. The number of benzene rings is 1. The SMILES string of the molecule is CC(=O)SC1CC(=O)N(c2ccc3[nH]ccc3c2)C1. The number of fused-ring (bicyclic) bond motifs is 1. The molecule has 3 rings (SSSR count). The van der Waals surface area contributed by atoms with E-state index in [0.717, 1.165) is 16.6 Å². The summed E-state index contributed by atoms with van der Waals surface area (Å²) in [6.07, 6.45) is 2.32. The van der Waals surface area contributed by atoms with E-state index < -0.39 is 0 Å². The van der Waals surface area contributed by atoms with Crippen LogP contribution in [0.1, 0.15) is 13.3 Å². The smallest absolute Gasteiger partial charge is 0.228 e. The van der Waals surface area contributed by atoms with Gasteiger partial charge in [0.05, 0.1) is 0 Å².